The third-order valence-corrected chi connectivity index (χ3v) is 4.16. The number of nitrogens with zero attached hydrogens (tertiary/aromatic N) is 5. The molecule has 2 N–H and O–H groups in total. The third kappa shape index (κ3) is 3.33. The van der Waals surface area contributed by atoms with Crippen LogP contribution >= 0.6 is 11.6 Å². The molecule has 0 fully saturated rings. The molecule has 0 bridgehead atoms. The summed E-state index contributed by atoms with van der Waals surface area (Å²) >= 11 is 6.05. The lowest BCUT2D eigenvalue weighted by Gasteiger charge is -2.09. The molecular formula is C15H15ClN6O2. The normalized spacial score (nSPS) is 16.5. The number of nitro benzene ring substituents is 1. The highest BCUT2D eigenvalue weighted by molar-refractivity contribution is 6.31. The predicted molar refractivity (Wildman–Crippen MR) is 89.6 cm³/mol. The molecule has 0 amide bonds. The second-order valence-corrected chi connectivity index (χ2v) is 6.02. The minimum Gasteiger partial charge on any atom is -0.368 e. The molecule has 1 aromatic heterocycles. The molecule has 3 rings (SSSR count). The van der Waals surface area contributed by atoms with E-state index in [0.29, 0.717) is 29.8 Å². The van der Waals surface area contributed by atoms with Crippen molar-refractivity contribution >= 4 is 28.9 Å². The van der Waals surface area contributed by atoms with Gasteiger partial charge >= 0.3 is 0 Å². The number of nitrogens with two attached hydrogens (primary N) is 1. The van der Waals surface area contributed by atoms with Crippen LogP contribution in [0.5, 0.6) is 0 Å². The average molecular weight is 347 g/mol. The van der Waals surface area contributed by atoms with Gasteiger partial charge in [-0.05, 0) is 37.8 Å². The van der Waals surface area contributed by atoms with Crippen molar-refractivity contribution in [1.82, 2.24) is 9.97 Å². The zero-order valence-corrected chi connectivity index (χ0v) is 13.7. The zero-order valence-electron chi connectivity index (χ0n) is 12.9. The van der Waals surface area contributed by atoms with E-state index in [1.165, 1.54) is 6.07 Å². The van der Waals surface area contributed by atoms with Gasteiger partial charge in [0.2, 0.25) is 5.95 Å². The lowest BCUT2D eigenvalue weighted by atomic mass is 9.99. The largest absolute Gasteiger partial charge is 0.368 e. The Kier molecular flexibility index (Phi) is 4.39. The van der Waals surface area contributed by atoms with Gasteiger partial charge in [-0.2, -0.15) is 15.2 Å². The number of hydrogen-bond acceptors (Lipinski definition) is 7. The first-order chi connectivity index (χ1) is 11.4. The molecule has 1 aliphatic rings. The van der Waals surface area contributed by atoms with E-state index >= 15 is 0 Å². The number of nitrogen functional groups attached to an aromatic ring is 1. The quantitative estimate of drug-likeness (QED) is 0.517. The Morgan fingerprint density at radius 2 is 2.21 bits per heavy atom. The molecule has 124 valence electrons. The Balaban J connectivity index is 1.79. The maximum Gasteiger partial charge on any atom is 0.272 e. The van der Waals surface area contributed by atoms with Crippen LogP contribution in [0.1, 0.15) is 23.2 Å². The van der Waals surface area contributed by atoms with Crippen LogP contribution < -0.4 is 5.73 Å². The average Bonchev–Trinajstić information content (AvgIpc) is 2.70. The van der Waals surface area contributed by atoms with Gasteiger partial charge in [0.1, 0.15) is 5.69 Å². The smallest absolute Gasteiger partial charge is 0.272 e. The molecule has 0 aliphatic carbocycles. The summed E-state index contributed by atoms with van der Waals surface area (Å²) in [7, 11) is 0. The van der Waals surface area contributed by atoms with Crippen molar-refractivity contribution in [3.05, 3.63) is 50.3 Å². The fraction of sp³-hybridized carbons (Fsp3) is 0.333. The van der Waals surface area contributed by atoms with Crippen molar-refractivity contribution in [2.24, 2.45) is 10.2 Å². The third-order valence-electron chi connectivity index (χ3n) is 3.90. The standard InChI is InChI=1S/C15H15ClN6O2/c1-8-6-9(2-5-12(8)22(23)24)7-10-3-4-11-13(21-20-10)14(16)19-15(17)18-11/h2,5-6,10H,3-4,7H2,1H3,(H2,17,18,19). The summed E-state index contributed by atoms with van der Waals surface area (Å²) in [5, 5.41) is 19.6. The molecule has 1 unspecified atom stereocenters. The van der Waals surface area contributed by atoms with E-state index < -0.39 is 0 Å². The highest BCUT2D eigenvalue weighted by Gasteiger charge is 2.20. The number of hydrogen-bond donors (Lipinski definition) is 1. The minimum absolute atomic E-state index is 0.0580. The predicted octanol–water partition coefficient (Wildman–Crippen LogP) is 3.57. The van der Waals surface area contributed by atoms with Crippen molar-refractivity contribution in [1.29, 1.82) is 0 Å². The number of azo groups is 1. The fourth-order valence-corrected chi connectivity index (χ4v) is 2.96. The first kappa shape index (κ1) is 16.3. The molecule has 2 aromatic rings. The number of nitro groups is 1. The first-order valence-electron chi connectivity index (χ1n) is 7.40. The number of benzene rings is 1. The summed E-state index contributed by atoms with van der Waals surface area (Å²) < 4.78 is 0. The SMILES string of the molecule is Cc1cc(CC2CCc3nc(N)nc(Cl)c3N=N2)ccc1[N+](=O)[O-]. The number of aromatic nitrogens is 2. The summed E-state index contributed by atoms with van der Waals surface area (Å²) in [5.41, 5.74) is 8.50. The zero-order chi connectivity index (χ0) is 17.3. The number of anilines is 1. The number of aryl methyl sites for hydroxylation is 2. The van der Waals surface area contributed by atoms with Crippen molar-refractivity contribution < 1.29 is 4.92 Å². The van der Waals surface area contributed by atoms with Gasteiger partial charge in [0.05, 0.1) is 16.7 Å². The van der Waals surface area contributed by atoms with Gasteiger partial charge in [-0.1, -0.05) is 17.7 Å². The van der Waals surface area contributed by atoms with Gasteiger partial charge in [-0.3, -0.25) is 10.1 Å². The van der Waals surface area contributed by atoms with Gasteiger partial charge in [0.25, 0.3) is 5.69 Å². The van der Waals surface area contributed by atoms with Crippen LogP contribution in [0.2, 0.25) is 5.15 Å². The van der Waals surface area contributed by atoms with Crippen LogP contribution in [0.25, 0.3) is 0 Å². The summed E-state index contributed by atoms with van der Waals surface area (Å²) in [4.78, 5) is 18.6. The van der Waals surface area contributed by atoms with E-state index in [1.54, 1.807) is 13.0 Å². The Hall–Kier alpha value is -2.61. The van der Waals surface area contributed by atoms with Gasteiger partial charge in [-0.25, -0.2) is 4.98 Å². The Labute approximate surface area is 142 Å². The number of halogens is 1. The number of fused-ring (bicyclic) bond motifs is 1. The molecule has 1 atom stereocenters. The van der Waals surface area contributed by atoms with Crippen LogP contribution in [0, 0.1) is 17.0 Å². The molecule has 8 nitrogen and oxygen atoms in total. The monoisotopic (exact) mass is 346 g/mol. The molecule has 1 aliphatic heterocycles. The summed E-state index contributed by atoms with van der Waals surface area (Å²) in [6.45, 7) is 1.73. The number of rotatable bonds is 3. The lowest BCUT2D eigenvalue weighted by molar-refractivity contribution is -0.385. The Bertz CT molecular complexity index is 839. The highest BCUT2D eigenvalue weighted by atomic mass is 35.5. The van der Waals surface area contributed by atoms with Crippen LogP contribution in [0.4, 0.5) is 17.3 Å². The Morgan fingerprint density at radius 3 is 2.92 bits per heavy atom. The molecule has 2 heterocycles. The highest BCUT2D eigenvalue weighted by Crippen LogP contribution is 2.32. The lowest BCUT2D eigenvalue weighted by Crippen LogP contribution is -2.09. The van der Waals surface area contributed by atoms with Crippen molar-refractivity contribution in [2.45, 2.75) is 32.2 Å². The fourth-order valence-electron chi connectivity index (χ4n) is 2.73. The van der Waals surface area contributed by atoms with Crippen LogP contribution in [-0.2, 0) is 12.8 Å². The molecule has 0 radical (unpaired) electrons. The maximum absolute atomic E-state index is 10.9. The van der Waals surface area contributed by atoms with Gasteiger partial charge in [-0.15, -0.1) is 0 Å². The van der Waals surface area contributed by atoms with Gasteiger partial charge in [0, 0.05) is 11.6 Å². The van der Waals surface area contributed by atoms with Gasteiger partial charge in [0.15, 0.2) is 5.15 Å². The second-order valence-electron chi connectivity index (χ2n) is 5.66. The minimum atomic E-state index is -0.383. The maximum atomic E-state index is 10.9. The molecule has 1 aromatic carbocycles. The van der Waals surface area contributed by atoms with Crippen LogP contribution in [0.3, 0.4) is 0 Å². The summed E-state index contributed by atoms with van der Waals surface area (Å²) in [5.74, 6) is 0.124. The van der Waals surface area contributed by atoms with Gasteiger partial charge < -0.3 is 5.73 Å². The Morgan fingerprint density at radius 1 is 1.42 bits per heavy atom. The topological polar surface area (TPSA) is 120 Å². The summed E-state index contributed by atoms with van der Waals surface area (Å²) in [6, 6.07) is 5.04. The van der Waals surface area contributed by atoms with E-state index in [-0.39, 0.29) is 27.8 Å². The van der Waals surface area contributed by atoms with E-state index in [9.17, 15) is 10.1 Å². The van der Waals surface area contributed by atoms with E-state index in [2.05, 4.69) is 20.2 Å². The second kappa shape index (κ2) is 6.48. The molecule has 0 spiro atoms. The van der Waals surface area contributed by atoms with E-state index in [4.69, 9.17) is 17.3 Å². The molecule has 9 heteroatoms. The van der Waals surface area contributed by atoms with Crippen molar-refractivity contribution in [2.75, 3.05) is 5.73 Å². The van der Waals surface area contributed by atoms with E-state index in [0.717, 1.165) is 12.0 Å². The molecule has 0 saturated carbocycles. The van der Waals surface area contributed by atoms with Crippen molar-refractivity contribution in [3.8, 4) is 0 Å². The van der Waals surface area contributed by atoms with Crippen LogP contribution in [-0.4, -0.2) is 20.9 Å². The van der Waals surface area contributed by atoms with Crippen LogP contribution in [0.15, 0.2) is 28.4 Å². The van der Waals surface area contributed by atoms with Crippen molar-refractivity contribution in [3.63, 3.8) is 0 Å². The molecular weight excluding hydrogens is 332 g/mol. The first-order valence-corrected chi connectivity index (χ1v) is 7.78. The molecule has 0 saturated heterocycles. The summed E-state index contributed by atoms with van der Waals surface area (Å²) in [6.07, 6.45) is 2.02. The molecule has 24 heavy (non-hydrogen) atoms. The van der Waals surface area contributed by atoms with E-state index in [1.807, 2.05) is 6.07 Å².